The maximum absolute atomic E-state index is 12.5. The summed E-state index contributed by atoms with van der Waals surface area (Å²) in [5.74, 6) is 0.291. The standard InChI is InChI=1S/C16H20N2O2S/c1-12(2)15-5-4-13(3)16(10-15)21(19,20)18-11-14-6-8-17-9-7-14/h4-10,12,18H,11H2,1-3H3. The van der Waals surface area contributed by atoms with Gasteiger partial charge in [0.2, 0.25) is 10.0 Å². The number of sulfonamides is 1. The summed E-state index contributed by atoms with van der Waals surface area (Å²) in [6.07, 6.45) is 3.29. The summed E-state index contributed by atoms with van der Waals surface area (Å²) < 4.78 is 27.6. The Morgan fingerprint density at radius 1 is 1.14 bits per heavy atom. The van der Waals surface area contributed by atoms with E-state index in [2.05, 4.69) is 9.71 Å². The molecule has 1 heterocycles. The first-order chi connectivity index (χ1) is 9.90. The Bertz CT molecular complexity index is 710. The summed E-state index contributed by atoms with van der Waals surface area (Å²) in [5.41, 5.74) is 2.65. The van der Waals surface area contributed by atoms with E-state index >= 15 is 0 Å². The van der Waals surface area contributed by atoms with Gasteiger partial charge >= 0.3 is 0 Å². The molecule has 4 nitrogen and oxygen atoms in total. The van der Waals surface area contributed by atoms with Crippen molar-refractivity contribution in [1.29, 1.82) is 0 Å². The minimum absolute atomic E-state index is 0.260. The van der Waals surface area contributed by atoms with E-state index in [0.29, 0.717) is 10.8 Å². The van der Waals surface area contributed by atoms with E-state index in [9.17, 15) is 8.42 Å². The van der Waals surface area contributed by atoms with Crippen molar-refractivity contribution in [2.24, 2.45) is 0 Å². The van der Waals surface area contributed by atoms with Crippen molar-refractivity contribution in [3.05, 3.63) is 59.4 Å². The van der Waals surface area contributed by atoms with Gasteiger partial charge in [0.1, 0.15) is 0 Å². The quantitative estimate of drug-likeness (QED) is 0.924. The lowest BCUT2D eigenvalue weighted by Crippen LogP contribution is -2.24. The number of aromatic nitrogens is 1. The fourth-order valence-corrected chi connectivity index (χ4v) is 3.32. The molecular weight excluding hydrogens is 284 g/mol. The highest BCUT2D eigenvalue weighted by atomic mass is 32.2. The first kappa shape index (κ1) is 15.7. The second-order valence-electron chi connectivity index (χ2n) is 5.36. The van der Waals surface area contributed by atoms with Gasteiger partial charge in [0.15, 0.2) is 0 Å². The minimum atomic E-state index is -3.52. The molecule has 0 saturated carbocycles. The monoisotopic (exact) mass is 304 g/mol. The van der Waals surface area contributed by atoms with E-state index in [0.717, 1.165) is 16.7 Å². The van der Waals surface area contributed by atoms with Gasteiger partial charge in [0, 0.05) is 18.9 Å². The maximum atomic E-state index is 12.5. The van der Waals surface area contributed by atoms with Crippen LogP contribution < -0.4 is 4.72 Å². The van der Waals surface area contributed by atoms with Gasteiger partial charge in [-0.25, -0.2) is 13.1 Å². The molecule has 0 radical (unpaired) electrons. The molecule has 0 bridgehead atoms. The highest BCUT2D eigenvalue weighted by Gasteiger charge is 2.17. The van der Waals surface area contributed by atoms with Gasteiger partial charge in [-0.15, -0.1) is 0 Å². The largest absolute Gasteiger partial charge is 0.265 e. The summed E-state index contributed by atoms with van der Waals surface area (Å²) in [4.78, 5) is 4.27. The molecule has 112 valence electrons. The lowest BCUT2D eigenvalue weighted by atomic mass is 10.0. The molecule has 2 rings (SSSR count). The summed E-state index contributed by atoms with van der Waals surface area (Å²) in [5, 5.41) is 0. The molecule has 0 fully saturated rings. The normalized spacial score (nSPS) is 11.8. The van der Waals surface area contributed by atoms with Crippen LogP contribution in [0.25, 0.3) is 0 Å². The minimum Gasteiger partial charge on any atom is -0.265 e. The smallest absolute Gasteiger partial charge is 0.241 e. The third kappa shape index (κ3) is 3.89. The predicted molar refractivity (Wildman–Crippen MR) is 83.5 cm³/mol. The fraction of sp³-hybridized carbons (Fsp3) is 0.312. The molecule has 1 N–H and O–H groups in total. The van der Waals surface area contributed by atoms with E-state index in [-0.39, 0.29) is 6.54 Å². The number of pyridine rings is 1. The zero-order chi connectivity index (χ0) is 15.5. The van der Waals surface area contributed by atoms with Crippen molar-refractivity contribution in [3.63, 3.8) is 0 Å². The predicted octanol–water partition coefficient (Wildman–Crippen LogP) is 2.99. The summed E-state index contributed by atoms with van der Waals surface area (Å²) in [6, 6.07) is 9.17. The number of rotatable bonds is 5. The fourth-order valence-electron chi connectivity index (χ4n) is 2.02. The van der Waals surface area contributed by atoms with Crippen molar-refractivity contribution < 1.29 is 8.42 Å². The SMILES string of the molecule is Cc1ccc(C(C)C)cc1S(=O)(=O)NCc1ccncc1. The molecule has 0 atom stereocenters. The second kappa shape index (κ2) is 6.37. The number of benzene rings is 1. The molecule has 0 saturated heterocycles. The highest BCUT2D eigenvalue weighted by Crippen LogP contribution is 2.22. The van der Waals surface area contributed by atoms with E-state index in [4.69, 9.17) is 0 Å². The Hall–Kier alpha value is -1.72. The summed E-state index contributed by atoms with van der Waals surface area (Å²) >= 11 is 0. The van der Waals surface area contributed by atoms with Gasteiger partial charge in [0.25, 0.3) is 0 Å². The number of hydrogen-bond donors (Lipinski definition) is 1. The Balaban J connectivity index is 2.25. The third-order valence-electron chi connectivity index (χ3n) is 3.38. The Morgan fingerprint density at radius 2 is 1.81 bits per heavy atom. The Morgan fingerprint density at radius 3 is 2.43 bits per heavy atom. The van der Waals surface area contributed by atoms with Crippen LogP contribution >= 0.6 is 0 Å². The molecule has 1 aromatic carbocycles. The van der Waals surface area contributed by atoms with Crippen LogP contribution in [-0.4, -0.2) is 13.4 Å². The van der Waals surface area contributed by atoms with E-state index in [1.54, 1.807) is 30.6 Å². The van der Waals surface area contributed by atoms with Crippen molar-refractivity contribution in [2.75, 3.05) is 0 Å². The lowest BCUT2D eigenvalue weighted by molar-refractivity contribution is 0.580. The molecule has 21 heavy (non-hydrogen) atoms. The topological polar surface area (TPSA) is 59.1 Å². The van der Waals surface area contributed by atoms with Gasteiger partial charge in [0.05, 0.1) is 4.90 Å². The van der Waals surface area contributed by atoms with Crippen LogP contribution in [-0.2, 0) is 16.6 Å². The van der Waals surface area contributed by atoms with Crippen molar-refractivity contribution >= 4 is 10.0 Å². The van der Waals surface area contributed by atoms with E-state index < -0.39 is 10.0 Å². The van der Waals surface area contributed by atoms with Crippen molar-refractivity contribution in [1.82, 2.24) is 9.71 Å². The Labute approximate surface area is 126 Å². The van der Waals surface area contributed by atoms with Crippen molar-refractivity contribution in [2.45, 2.75) is 38.1 Å². The maximum Gasteiger partial charge on any atom is 0.241 e. The first-order valence-corrected chi connectivity index (χ1v) is 8.37. The molecule has 0 aliphatic carbocycles. The molecule has 0 aliphatic rings. The van der Waals surface area contributed by atoms with Gasteiger partial charge in [-0.3, -0.25) is 4.98 Å². The van der Waals surface area contributed by atoms with Crippen LogP contribution in [0.1, 0.15) is 36.5 Å². The van der Waals surface area contributed by atoms with Gasteiger partial charge in [-0.2, -0.15) is 0 Å². The summed E-state index contributed by atoms with van der Waals surface area (Å²) in [6.45, 7) is 6.16. The second-order valence-corrected chi connectivity index (χ2v) is 7.10. The zero-order valence-electron chi connectivity index (χ0n) is 12.5. The number of aryl methyl sites for hydroxylation is 1. The van der Waals surface area contributed by atoms with Gasteiger partial charge in [-0.05, 0) is 47.7 Å². The first-order valence-electron chi connectivity index (χ1n) is 6.89. The van der Waals surface area contributed by atoms with Crippen molar-refractivity contribution in [3.8, 4) is 0 Å². The highest BCUT2D eigenvalue weighted by molar-refractivity contribution is 7.89. The van der Waals surface area contributed by atoms with Crippen LogP contribution in [0.4, 0.5) is 0 Å². The van der Waals surface area contributed by atoms with Gasteiger partial charge in [-0.1, -0.05) is 26.0 Å². The molecule has 0 aliphatic heterocycles. The van der Waals surface area contributed by atoms with Crippen LogP contribution in [0.15, 0.2) is 47.6 Å². The number of nitrogens with one attached hydrogen (secondary N) is 1. The zero-order valence-corrected chi connectivity index (χ0v) is 13.3. The van der Waals surface area contributed by atoms with E-state index in [1.165, 1.54) is 0 Å². The molecular formula is C16H20N2O2S. The molecule has 0 amide bonds. The average molecular weight is 304 g/mol. The van der Waals surface area contributed by atoms with Crippen LogP contribution in [0.2, 0.25) is 0 Å². The molecule has 0 spiro atoms. The average Bonchev–Trinajstić information content (AvgIpc) is 2.46. The van der Waals surface area contributed by atoms with Gasteiger partial charge < -0.3 is 0 Å². The molecule has 5 heteroatoms. The third-order valence-corrected chi connectivity index (χ3v) is 4.93. The summed E-state index contributed by atoms with van der Waals surface area (Å²) in [7, 11) is -3.52. The number of hydrogen-bond acceptors (Lipinski definition) is 3. The van der Waals surface area contributed by atoms with Crippen LogP contribution in [0, 0.1) is 6.92 Å². The van der Waals surface area contributed by atoms with Crippen LogP contribution in [0.5, 0.6) is 0 Å². The van der Waals surface area contributed by atoms with E-state index in [1.807, 2.05) is 32.9 Å². The molecule has 1 aromatic heterocycles. The molecule has 0 unspecified atom stereocenters. The molecule has 2 aromatic rings. The number of nitrogens with zero attached hydrogens (tertiary/aromatic N) is 1. The lowest BCUT2D eigenvalue weighted by Gasteiger charge is -2.13. The van der Waals surface area contributed by atoms with Crippen LogP contribution in [0.3, 0.4) is 0 Å². The Kier molecular flexibility index (Phi) is 4.75.